The largest absolute Gasteiger partial charge is 0.454 e. The van der Waals surface area contributed by atoms with Crippen LogP contribution in [0.15, 0.2) is 48.5 Å². The fourth-order valence-electron chi connectivity index (χ4n) is 2.29. The van der Waals surface area contributed by atoms with E-state index in [1.165, 1.54) is 6.08 Å². The summed E-state index contributed by atoms with van der Waals surface area (Å²) in [7, 11) is 0. The molecule has 0 aromatic heterocycles. The Bertz CT molecular complexity index is 740. The van der Waals surface area contributed by atoms with Crippen LogP contribution < -0.4 is 14.8 Å². The number of hydrogen-bond donors (Lipinski definition) is 1. The summed E-state index contributed by atoms with van der Waals surface area (Å²) in [5.74, 6) is 1.26. The molecular formula is C18H16ClNO3. The van der Waals surface area contributed by atoms with Crippen LogP contribution in [0.4, 0.5) is 0 Å². The number of ether oxygens (including phenoxy) is 2. The molecule has 1 atom stereocenters. The average Bonchev–Trinajstić information content (AvgIpc) is 3.01. The highest BCUT2D eigenvalue weighted by Crippen LogP contribution is 2.32. The van der Waals surface area contributed by atoms with Crippen molar-refractivity contribution in [2.24, 2.45) is 0 Å². The molecule has 1 amide bonds. The van der Waals surface area contributed by atoms with Crippen molar-refractivity contribution in [3.05, 3.63) is 64.7 Å². The summed E-state index contributed by atoms with van der Waals surface area (Å²) in [6.45, 7) is 2.16. The molecule has 2 aromatic rings. The molecule has 3 rings (SSSR count). The van der Waals surface area contributed by atoms with Crippen molar-refractivity contribution >= 4 is 23.6 Å². The standard InChI is InChI=1S/C18H16ClNO3/c1-12(14-4-6-15(19)7-5-14)20-18(21)9-3-13-2-8-16-17(10-13)23-11-22-16/h2-10,12H,11H2,1H3,(H,20,21)/b9-3+. The fourth-order valence-corrected chi connectivity index (χ4v) is 2.41. The minimum atomic E-state index is -0.162. The summed E-state index contributed by atoms with van der Waals surface area (Å²) in [5.41, 5.74) is 1.88. The summed E-state index contributed by atoms with van der Waals surface area (Å²) in [6.07, 6.45) is 3.25. The first-order valence-corrected chi connectivity index (χ1v) is 7.63. The smallest absolute Gasteiger partial charge is 0.244 e. The molecule has 0 fully saturated rings. The molecule has 4 nitrogen and oxygen atoms in total. The molecule has 0 spiro atoms. The Kier molecular flexibility index (Phi) is 4.53. The van der Waals surface area contributed by atoms with E-state index < -0.39 is 0 Å². The quantitative estimate of drug-likeness (QED) is 0.864. The van der Waals surface area contributed by atoms with Gasteiger partial charge in [0.1, 0.15) is 0 Å². The molecule has 0 saturated carbocycles. The fraction of sp³-hybridized carbons (Fsp3) is 0.167. The van der Waals surface area contributed by atoms with Gasteiger partial charge in [0.25, 0.3) is 0 Å². The lowest BCUT2D eigenvalue weighted by molar-refractivity contribution is -0.117. The van der Waals surface area contributed by atoms with Gasteiger partial charge in [-0.2, -0.15) is 0 Å². The Morgan fingerprint density at radius 1 is 1.17 bits per heavy atom. The van der Waals surface area contributed by atoms with Gasteiger partial charge < -0.3 is 14.8 Å². The average molecular weight is 330 g/mol. The van der Waals surface area contributed by atoms with Gasteiger partial charge in [-0.3, -0.25) is 4.79 Å². The molecule has 1 heterocycles. The van der Waals surface area contributed by atoms with E-state index in [0.29, 0.717) is 10.8 Å². The third-order valence-electron chi connectivity index (χ3n) is 3.55. The lowest BCUT2D eigenvalue weighted by Gasteiger charge is -2.12. The summed E-state index contributed by atoms with van der Waals surface area (Å²) in [4.78, 5) is 12.0. The van der Waals surface area contributed by atoms with Gasteiger partial charge in [-0.1, -0.05) is 29.8 Å². The Morgan fingerprint density at radius 3 is 2.70 bits per heavy atom. The maximum atomic E-state index is 12.0. The van der Waals surface area contributed by atoms with Gasteiger partial charge in [-0.05, 0) is 48.4 Å². The van der Waals surface area contributed by atoms with Crippen LogP contribution in [0.1, 0.15) is 24.1 Å². The third kappa shape index (κ3) is 3.85. The van der Waals surface area contributed by atoms with Crippen LogP contribution in [0.5, 0.6) is 11.5 Å². The van der Waals surface area contributed by atoms with Gasteiger partial charge in [0.05, 0.1) is 6.04 Å². The lowest BCUT2D eigenvalue weighted by Crippen LogP contribution is -2.24. The monoisotopic (exact) mass is 329 g/mol. The normalized spacial score (nSPS) is 14.0. The Balaban J connectivity index is 1.61. The van der Waals surface area contributed by atoms with E-state index in [-0.39, 0.29) is 18.7 Å². The molecular weight excluding hydrogens is 314 g/mol. The van der Waals surface area contributed by atoms with E-state index in [9.17, 15) is 4.79 Å². The zero-order valence-corrected chi connectivity index (χ0v) is 13.3. The molecule has 1 N–H and O–H groups in total. The van der Waals surface area contributed by atoms with E-state index in [1.807, 2.05) is 49.4 Å². The number of amides is 1. The van der Waals surface area contributed by atoms with Crippen molar-refractivity contribution in [2.45, 2.75) is 13.0 Å². The highest BCUT2D eigenvalue weighted by Gasteiger charge is 2.12. The van der Waals surface area contributed by atoms with Gasteiger partial charge in [0.15, 0.2) is 11.5 Å². The number of carbonyl (C=O) groups excluding carboxylic acids is 1. The van der Waals surface area contributed by atoms with E-state index in [0.717, 1.165) is 16.9 Å². The third-order valence-corrected chi connectivity index (χ3v) is 3.80. The Morgan fingerprint density at radius 2 is 1.91 bits per heavy atom. The van der Waals surface area contributed by atoms with E-state index in [1.54, 1.807) is 6.08 Å². The minimum absolute atomic E-state index is 0.0961. The summed E-state index contributed by atoms with van der Waals surface area (Å²) >= 11 is 5.86. The van der Waals surface area contributed by atoms with Crippen LogP contribution in [0.3, 0.4) is 0 Å². The number of fused-ring (bicyclic) bond motifs is 1. The SMILES string of the molecule is CC(NC(=O)/C=C/c1ccc2c(c1)OCO2)c1ccc(Cl)cc1. The molecule has 5 heteroatoms. The van der Waals surface area contributed by atoms with Crippen LogP contribution in [-0.4, -0.2) is 12.7 Å². The van der Waals surface area contributed by atoms with Crippen LogP contribution in [0, 0.1) is 0 Å². The van der Waals surface area contributed by atoms with Crippen molar-refractivity contribution in [3.8, 4) is 11.5 Å². The highest BCUT2D eigenvalue weighted by atomic mass is 35.5. The van der Waals surface area contributed by atoms with Crippen molar-refractivity contribution in [1.29, 1.82) is 0 Å². The van der Waals surface area contributed by atoms with Gasteiger partial charge in [-0.15, -0.1) is 0 Å². The molecule has 1 aliphatic rings. The second kappa shape index (κ2) is 6.75. The Hall–Kier alpha value is -2.46. The first kappa shape index (κ1) is 15.4. The van der Waals surface area contributed by atoms with Crippen molar-refractivity contribution in [3.63, 3.8) is 0 Å². The number of halogens is 1. The molecule has 1 aliphatic heterocycles. The molecule has 23 heavy (non-hydrogen) atoms. The van der Waals surface area contributed by atoms with Crippen molar-refractivity contribution < 1.29 is 14.3 Å². The second-order valence-electron chi connectivity index (χ2n) is 5.23. The molecule has 0 radical (unpaired) electrons. The zero-order valence-electron chi connectivity index (χ0n) is 12.6. The predicted molar refractivity (Wildman–Crippen MR) is 89.6 cm³/mol. The number of carbonyl (C=O) groups is 1. The van der Waals surface area contributed by atoms with Crippen molar-refractivity contribution in [2.75, 3.05) is 6.79 Å². The number of benzene rings is 2. The maximum absolute atomic E-state index is 12.0. The lowest BCUT2D eigenvalue weighted by atomic mass is 10.1. The van der Waals surface area contributed by atoms with Crippen LogP contribution in [0.25, 0.3) is 6.08 Å². The van der Waals surface area contributed by atoms with Crippen molar-refractivity contribution in [1.82, 2.24) is 5.32 Å². The van der Waals surface area contributed by atoms with E-state index in [2.05, 4.69) is 5.32 Å². The first-order chi connectivity index (χ1) is 11.1. The highest BCUT2D eigenvalue weighted by molar-refractivity contribution is 6.30. The molecule has 2 aromatic carbocycles. The van der Waals surface area contributed by atoms with Gasteiger partial charge in [0, 0.05) is 11.1 Å². The predicted octanol–water partition coefficient (Wildman–Crippen LogP) is 3.96. The molecule has 0 aliphatic carbocycles. The van der Waals surface area contributed by atoms with Gasteiger partial charge >= 0.3 is 0 Å². The van der Waals surface area contributed by atoms with E-state index >= 15 is 0 Å². The number of hydrogen-bond acceptors (Lipinski definition) is 3. The summed E-state index contributed by atoms with van der Waals surface area (Å²) in [6, 6.07) is 12.9. The molecule has 1 unspecified atom stereocenters. The second-order valence-corrected chi connectivity index (χ2v) is 5.66. The first-order valence-electron chi connectivity index (χ1n) is 7.25. The topological polar surface area (TPSA) is 47.6 Å². The molecule has 0 bridgehead atoms. The number of rotatable bonds is 4. The molecule has 118 valence electrons. The van der Waals surface area contributed by atoms with Crippen LogP contribution in [0.2, 0.25) is 5.02 Å². The number of nitrogens with one attached hydrogen (secondary N) is 1. The van der Waals surface area contributed by atoms with Crippen LogP contribution >= 0.6 is 11.6 Å². The van der Waals surface area contributed by atoms with Crippen LogP contribution in [-0.2, 0) is 4.79 Å². The Labute approximate surface area is 139 Å². The zero-order chi connectivity index (χ0) is 16.2. The minimum Gasteiger partial charge on any atom is -0.454 e. The van der Waals surface area contributed by atoms with Gasteiger partial charge in [-0.25, -0.2) is 0 Å². The molecule has 0 saturated heterocycles. The maximum Gasteiger partial charge on any atom is 0.244 e. The summed E-state index contributed by atoms with van der Waals surface area (Å²) in [5, 5.41) is 3.59. The summed E-state index contributed by atoms with van der Waals surface area (Å²) < 4.78 is 10.6. The van der Waals surface area contributed by atoms with E-state index in [4.69, 9.17) is 21.1 Å². The van der Waals surface area contributed by atoms with Gasteiger partial charge in [0.2, 0.25) is 12.7 Å².